The maximum absolute atomic E-state index is 14.3. The highest BCUT2D eigenvalue weighted by Gasteiger charge is 2.68. The van der Waals surface area contributed by atoms with Gasteiger partial charge in [-0.25, -0.2) is 24.5 Å². The van der Waals surface area contributed by atoms with Gasteiger partial charge in [-0.15, -0.1) is 5.10 Å². The van der Waals surface area contributed by atoms with Crippen molar-refractivity contribution in [1.29, 1.82) is 0 Å². The molecule has 13 heteroatoms. The van der Waals surface area contributed by atoms with Crippen molar-refractivity contribution in [1.82, 2.24) is 19.7 Å². The molecule has 1 saturated carbocycles. The number of carbonyl (C=O) groups is 3. The number of ether oxygens (including phenoxy) is 3. The van der Waals surface area contributed by atoms with E-state index in [0.717, 1.165) is 41.4 Å². The van der Waals surface area contributed by atoms with Gasteiger partial charge in [0.2, 0.25) is 5.91 Å². The summed E-state index contributed by atoms with van der Waals surface area (Å²) in [6.07, 6.45) is 1.73. The Morgan fingerprint density at radius 2 is 1.65 bits per heavy atom. The molecule has 1 aliphatic carbocycles. The average Bonchev–Trinajstić information content (AvgIpc) is 3.58. The number of hydrogen-bond acceptors (Lipinski definition) is 11. The normalized spacial score (nSPS) is 19.9. The van der Waals surface area contributed by atoms with Crippen LogP contribution in [0.15, 0.2) is 42.7 Å². The lowest BCUT2D eigenvalue weighted by molar-refractivity contribution is -0.120. The number of rotatable bonds is 5. The maximum atomic E-state index is 14.3. The summed E-state index contributed by atoms with van der Waals surface area (Å²) in [6.45, 7) is 14.5. The van der Waals surface area contributed by atoms with Crippen LogP contribution in [0.25, 0.3) is 10.9 Å². The molecule has 2 aromatic heterocycles. The second-order valence-electron chi connectivity index (χ2n) is 14.9. The number of hydrogen-bond donors (Lipinski definition) is 1. The Kier molecular flexibility index (Phi) is 7.38. The molecule has 2 aliphatic heterocycles. The van der Waals surface area contributed by atoms with E-state index >= 15 is 0 Å². The van der Waals surface area contributed by atoms with Crippen LogP contribution < -0.4 is 19.9 Å². The highest BCUT2D eigenvalue weighted by Crippen LogP contribution is 2.67. The van der Waals surface area contributed by atoms with E-state index in [1.165, 1.54) is 11.0 Å². The van der Waals surface area contributed by atoms with Crippen molar-refractivity contribution in [3.8, 4) is 5.75 Å². The fourth-order valence-electron chi connectivity index (χ4n) is 6.72. The Morgan fingerprint density at radius 3 is 2.31 bits per heavy atom. The second kappa shape index (κ2) is 11.2. The van der Waals surface area contributed by atoms with Crippen molar-refractivity contribution >= 4 is 52.1 Å². The predicted molar refractivity (Wildman–Crippen MR) is 184 cm³/mol. The Bertz CT molecular complexity index is 2020. The van der Waals surface area contributed by atoms with Crippen LogP contribution in [0, 0.1) is 6.92 Å². The minimum Gasteiger partial charge on any atom is -0.497 e. The standard InChI is InChI=1S/C36H41N7O6/c1-20-28(37-19-38-30(20)41-14-9-15-41)39-29-23-12-10-21(16-27(23)43(40-29)33(46)49-35(5,6)7)25-18-36(25)24-17-22(47-8)11-13-26(24)42(31(36)44)32(45)48-34(2,3)4/h10-13,16-17,19,25H,9,14-15,18H2,1-8H3,(H,37,38,39,40)/t25-,36-/m0/s1. The summed E-state index contributed by atoms with van der Waals surface area (Å²) in [5.41, 5.74) is 0.821. The number of amides is 2. The third-order valence-corrected chi connectivity index (χ3v) is 9.17. The molecule has 2 amide bonds. The number of nitrogens with one attached hydrogen (secondary N) is 1. The van der Waals surface area contributed by atoms with Gasteiger partial charge >= 0.3 is 12.2 Å². The third kappa shape index (κ3) is 5.50. The summed E-state index contributed by atoms with van der Waals surface area (Å²) in [5, 5.41) is 8.68. The highest BCUT2D eigenvalue weighted by molar-refractivity contribution is 6.23. The second-order valence-corrected chi connectivity index (χ2v) is 14.9. The molecule has 2 atom stereocenters. The lowest BCUT2D eigenvalue weighted by Crippen LogP contribution is -2.41. The molecular formula is C36H41N7O6. The fraction of sp³-hybridized carbons (Fsp3) is 0.444. The SMILES string of the molecule is COc1ccc2c(c1)[C@]1(C[C@H]1c1ccc3c(Nc4ncnc(N5CCC5)c4C)nn(C(=O)OC(C)(C)C)c3c1)C(=O)N2C(=O)OC(C)(C)C. The molecular weight excluding hydrogens is 626 g/mol. The van der Waals surface area contributed by atoms with Crippen molar-refractivity contribution in [2.75, 3.05) is 35.3 Å². The lowest BCUT2D eigenvalue weighted by atomic mass is 9.91. The zero-order valence-electron chi connectivity index (χ0n) is 29.1. The van der Waals surface area contributed by atoms with Crippen molar-refractivity contribution in [3.63, 3.8) is 0 Å². The number of imide groups is 1. The number of carbonyl (C=O) groups excluding carboxylic acids is 3. The molecule has 13 nitrogen and oxygen atoms in total. The first-order valence-electron chi connectivity index (χ1n) is 16.5. The largest absolute Gasteiger partial charge is 0.497 e. The van der Waals surface area contributed by atoms with Gasteiger partial charge in [0.05, 0.1) is 23.7 Å². The monoisotopic (exact) mass is 667 g/mol. The smallest absolute Gasteiger partial charge is 0.435 e. The van der Waals surface area contributed by atoms with E-state index < -0.39 is 28.8 Å². The minimum absolute atomic E-state index is 0.288. The Balaban J connectivity index is 1.29. The van der Waals surface area contributed by atoms with Gasteiger partial charge in [0, 0.05) is 30.0 Å². The lowest BCUT2D eigenvalue weighted by Gasteiger charge is -2.33. The van der Waals surface area contributed by atoms with Gasteiger partial charge in [0.25, 0.3) is 0 Å². The van der Waals surface area contributed by atoms with Gasteiger partial charge in [-0.3, -0.25) is 4.79 Å². The van der Waals surface area contributed by atoms with Gasteiger partial charge in [-0.1, -0.05) is 6.07 Å². The molecule has 3 aliphatic rings. The minimum atomic E-state index is -1.00. The molecule has 0 unspecified atom stereocenters. The summed E-state index contributed by atoms with van der Waals surface area (Å²) in [6, 6.07) is 11.0. The van der Waals surface area contributed by atoms with Gasteiger partial charge < -0.3 is 24.4 Å². The molecule has 1 saturated heterocycles. The summed E-state index contributed by atoms with van der Waals surface area (Å²) >= 11 is 0. The molecule has 4 heterocycles. The predicted octanol–water partition coefficient (Wildman–Crippen LogP) is 6.59. The fourth-order valence-corrected chi connectivity index (χ4v) is 6.72. The Morgan fingerprint density at radius 1 is 0.939 bits per heavy atom. The zero-order valence-corrected chi connectivity index (χ0v) is 29.1. The zero-order chi connectivity index (χ0) is 35.0. The first-order chi connectivity index (χ1) is 23.1. The molecule has 4 aromatic rings. The van der Waals surface area contributed by atoms with E-state index in [4.69, 9.17) is 14.2 Å². The van der Waals surface area contributed by atoms with E-state index in [2.05, 4.69) is 25.3 Å². The number of aromatic nitrogens is 4. The summed E-state index contributed by atoms with van der Waals surface area (Å²) in [4.78, 5) is 53.5. The summed E-state index contributed by atoms with van der Waals surface area (Å²) in [5.74, 6) is 1.81. The molecule has 49 heavy (non-hydrogen) atoms. The van der Waals surface area contributed by atoms with Crippen LogP contribution in [0.4, 0.5) is 32.7 Å². The van der Waals surface area contributed by atoms with Crippen LogP contribution in [-0.2, 0) is 19.7 Å². The first-order valence-corrected chi connectivity index (χ1v) is 16.5. The van der Waals surface area contributed by atoms with Gasteiger partial charge in [0.15, 0.2) is 5.82 Å². The van der Waals surface area contributed by atoms with E-state index in [-0.39, 0.29) is 11.8 Å². The van der Waals surface area contributed by atoms with Crippen molar-refractivity contribution in [2.24, 2.45) is 0 Å². The number of methoxy groups -OCH3 is 1. The molecule has 2 fully saturated rings. The Hall–Kier alpha value is -5.20. The molecule has 0 bridgehead atoms. The van der Waals surface area contributed by atoms with E-state index in [1.807, 2.05) is 31.2 Å². The first kappa shape index (κ1) is 32.4. The number of benzene rings is 2. The van der Waals surface area contributed by atoms with Crippen LogP contribution in [0.5, 0.6) is 5.75 Å². The van der Waals surface area contributed by atoms with Crippen LogP contribution in [0.3, 0.4) is 0 Å². The van der Waals surface area contributed by atoms with Crippen LogP contribution >= 0.6 is 0 Å². The summed E-state index contributed by atoms with van der Waals surface area (Å²) < 4.78 is 18.2. The maximum Gasteiger partial charge on any atom is 0.435 e. The van der Waals surface area contributed by atoms with Gasteiger partial charge in [0.1, 0.15) is 34.9 Å². The molecule has 0 radical (unpaired) electrons. The molecule has 1 N–H and O–H groups in total. The quantitative estimate of drug-likeness (QED) is 0.246. The number of nitrogens with zero attached hydrogens (tertiary/aromatic N) is 6. The van der Waals surface area contributed by atoms with Crippen molar-refractivity contribution in [2.45, 2.75) is 83.8 Å². The summed E-state index contributed by atoms with van der Waals surface area (Å²) in [7, 11) is 1.56. The number of anilines is 4. The Labute approximate surface area is 284 Å². The highest BCUT2D eigenvalue weighted by atomic mass is 16.6. The molecule has 1 spiro atoms. The van der Waals surface area contributed by atoms with E-state index in [9.17, 15) is 14.4 Å². The van der Waals surface area contributed by atoms with Crippen LogP contribution in [-0.4, -0.2) is 69.2 Å². The van der Waals surface area contributed by atoms with Gasteiger partial charge in [-0.05, 0) is 103 Å². The van der Waals surface area contributed by atoms with Crippen molar-refractivity contribution in [3.05, 3.63) is 59.4 Å². The molecule has 7 rings (SSSR count). The number of fused-ring (bicyclic) bond motifs is 3. The topological polar surface area (TPSA) is 141 Å². The van der Waals surface area contributed by atoms with Crippen LogP contribution in [0.1, 0.15) is 77.0 Å². The van der Waals surface area contributed by atoms with Gasteiger partial charge in [-0.2, -0.15) is 4.68 Å². The van der Waals surface area contributed by atoms with E-state index in [1.54, 1.807) is 60.8 Å². The molecule has 256 valence electrons. The van der Waals surface area contributed by atoms with Crippen molar-refractivity contribution < 1.29 is 28.6 Å². The third-order valence-electron chi connectivity index (χ3n) is 9.17. The average molecular weight is 668 g/mol. The molecule has 2 aromatic carbocycles. The van der Waals surface area contributed by atoms with E-state index in [0.29, 0.717) is 46.0 Å². The van der Waals surface area contributed by atoms with Crippen LogP contribution in [0.2, 0.25) is 0 Å².